The van der Waals surface area contributed by atoms with Gasteiger partial charge in [-0.2, -0.15) is 0 Å². The Kier molecular flexibility index (Phi) is 5.98. The molecular weight excluding hydrogens is 302 g/mol. The number of carbonyl (C=O) groups excluding carboxylic acids is 1. The third kappa shape index (κ3) is 5.45. The Morgan fingerprint density at radius 2 is 2.30 bits per heavy atom. The molecule has 2 N–H and O–H groups in total. The van der Waals surface area contributed by atoms with Gasteiger partial charge in [0.25, 0.3) is 0 Å². The molecule has 0 radical (unpaired) electrons. The van der Waals surface area contributed by atoms with Crippen LogP contribution in [0.3, 0.4) is 0 Å². The molecule has 0 rings (SSSR count). The summed E-state index contributed by atoms with van der Waals surface area (Å²) in [6.07, 6.45) is 5.02. The topological polar surface area (TPSA) is 49.3 Å². The van der Waals surface area contributed by atoms with Crippen molar-refractivity contribution in [2.45, 2.75) is 0 Å². The van der Waals surface area contributed by atoms with E-state index in [-0.39, 0.29) is 5.76 Å². The first-order valence-electron chi connectivity index (χ1n) is 2.52. The molecule has 4 heteroatoms. The molecule has 0 aliphatic rings. The number of nitrogens with one attached hydrogen (secondary N) is 1. The summed E-state index contributed by atoms with van der Waals surface area (Å²) in [7, 11) is 0. The average Bonchev–Trinajstić information content (AvgIpc) is 1.98. The van der Waals surface area contributed by atoms with Gasteiger partial charge >= 0.3 is 69.5 Å². The van der Waals surface area contributed by atoms with Gasteiger partial charge in [0, 0.05) is 0 Å². The number of hydrogen-bond acceptors (Lipinski definition) is 2. The number of aliphatic hydroxyl groups excluding tert-OH is 1. The zero-order valence-corrected chi connectivity index (χ0v) is 8.08. The summed E-state index contributed by atoms with van der Waals surface area (Å²) in [6.45, 7) is 0. The molecule has 0 bridgehead atoms. The average molecular weight is 309 g/mol. The predicted octanol–water partition coefficient (Wildman–Crippen LogP) is 0.0370. The van der Waals surface area contributed by atoms with Gasteiger partial charge in [-0.05, 0) is 0 Å². The maximum absolute atomic E-state index is 9.67. The second-order valence-corrected chi connectivity index (χ2v) is 2.20. The van der Waals surface area contributed by atoms with Crippen molar-refractivity contribution >= 4 is 10.8 Å². The molecule has 3 nitrogen and oxygen atoms in total. The van der Waals surface area contributed by atoms with Gasteiger partial charge in [-0.1, -0.05) is 0 Å². The Bertz CT molecular complexity index is 175. The molecule has 0 aliphatic carbocycles. The van der Waals surface area contributed by atoms with Gasteiger partial charge in [0.2, 0.25) is 0 Å². The van der Waals surface area contributed by atoms with E-state index in [0.29, 0.717) is 6.41 Å². The first kappa shape index (κ1) is 9.31. The molecular formula is C6H7NO2W. The summed E-state index contributed by atoms with van der Waals surface area (Å²) in [6, 6.07) is 0. The summed E-state index contributed by atoms with van der Waals surface area (Å²) >= 11 is 1.18. The molecule has 0 saturated carbocycles. The van der Waals surface area contributed by atoms with Gasteiger partial charge in [-0.15, -0.1) is 0 Å². The number of rotatable bonds is 4. The van der Waals surface area contributed by atoms with E-state index in [0.717, 1.165) is 0 Å². The van der Waals surface area contributed by atoms with Crippen LogP contribution in [0.2, 0.25) is 0 Å². The van der Waals surface area contributed by atoms with E-state index in [1.165, 1.54) is 31.6 Å². The molecule has 0 heterocycles. The van der Waals surface area contributed by atoms with Crippen molar-refractivity contribution in [3.8, 4) is 0 Å². The normalized spacial score (nSPS) is 11.4. The minimum atomic E-state index is 0.207. The van der Waals surface area contributed by atoms with E-state index in [1.54, 1.807) is 10.5 Å². The van der Waals surface area contributed by atoms with Gasteiger partial charge in [-0.3, -0.25) is 0 Å². The van der Waals surface area contributed by atoms with Crippen molar-refractivity contribution in [3.63, 3.8) is 0 Å². The van der Waals surface area contributed by atoms with E-state index in [2.05, 4.69) is 5.32 Å². The molecule has 0 saturated heterocycles. The standard InChI is InChI=1S/C6H7NO2.W/c1-6(9)3-2-4-7-5-8;/h1-5,9H,(H,7,8);/b4-2?,6-3+;. The number of carbonyl (C=O) groups is 1. The molecule has 0 aromatic rings. The van der Waals surface area contributed by atoms with E-state index in [1.807, 2.05) is 0 Å². The van der Waals surface area contributed by atoms with E-state index >= 15 is 0 Å². The fourth-order valence-corrected chi connectivity index (χ4v) is 0.563. The molecule has 0 unspecified atom stereocenters. The monoisotopic (exact) mass is 309 g/mol. The Morgan fingerprint density at radius 3 is 2.80 bits per heavy atom. The Balaban J connectivity index is 3.69. The van der Waals surface area contributed by atoms with Crippen LogP contribution in [0.25, 0.3) is 0 Å². The van der Waals surface area contributed by atoms with Crippen molar-refractivity contribution in [3.05, 3.63) is 24.1 Å². The van der Waals surface area contributed by atoms with E-state index in [9.17, 15) is 4.79 Å². The zero-order valence-electron chi connectivity index (χ0n) is 5.15. The molecule has 0 spiro atoms. The first-order chi connectivity index (χ1) is 4.81. The fraction of sp³-hybridized carbons (Fsp3) is 0. The van der Waals surface area contributed by atoms with Crippen LogP contribution in [-0.4, -0.2) is 15.9 Å². The van der Waals surface area contributed by atoms with Crippen molar-refractivity contribution in [1.29, 1.82) is 0 Å². The molecule has 0 aromatic carbocycles. The third-order valence-corrected chi connectivity index (χ3v) is 1.52. The Labute approximate surface area is 69.8 Å². The van der Waals surface area contributed by atoms with Gasteiger partial charge in [0.05, 0.1) is 0 Å². The van der Waals surface area contributed by atoms with Crippen LogP contribution in [0.5, 0.6) is 0 Å². The third-order valence-electron chi connectivity index (χ3n) is 0.648. The number of amides is 1. The SMILES string of the molecule is O=CNC=C/C=C(/O)[CH]=[W]. The quantitative estimate of drug-likeness (QED) is 0.438. The summed E-state index contributed by atoms with van der Waals surface area (Å²) in [5.41, 5.74) is 0. The predicted molar refractivity (Wildman–Crippen MR) is 35.1 cm³/mol. The Hall–Kier alpha value is -0.692. The molecule has 10 heavy (non-hydrogen) atoms. The molecule has 54 valence electrons. The van der Waals surface area contributed by atoms with Crippen LogP contribution in [0, 0.1) is 0 Å². The number of allylic oxidation sites excluding steroid dienone is 3. The van der Waals surface area contributed by atoms with Crippen LogP contribution in [0.15, 0.2) is 24.1 Å². The summed E-state index contributed by atoms with van der Waals surface area (Å²) in [5.74, 6) is 0.207. The first-order valence-corrected chi connectivity index (χ1v) is 4.21. The zero-order chi connectivity index (χ0) is 7.82. The summed E-state index contributed by atoms with van der Waals surface area (Å²) in [4.78, 5) is 9.67. The molecule has 0 fully saturated rings. The van der Waals surface area contributed by atoms with Gasteiger partial charge in [0.1, 0.15) is 0 Å². The van der Waals surface area contributed by atoms with Crippen LogP contribution in [0.4, 0.5) is 0 Å². The molecule has 0 atom stereocenters. The Morgan fingerprint density at radius 1 is 1.60 bits per heavy atom. The van der Waals surface area contributed by atoms with Crippen molar-refractivity contribution in [2.75, 3.05) is 0 Å². The van der Waals surface area contributed by atoms with E-state index in [4.69, 9.17) is 5.11 Å². The molecule has 1 amide bonds. The van der Waals surface area contributed by atoms with Gasteiger partial charge < -0.3 is 0 Å². The van der Waals surface area contributed by atoms with Crippen molar-refractivity contribution in [1.82, 2.24) is 5.32 Å². The van der Waals surface area contributed by atoms with Crippen LogP contribution in [-0.2, 0) is 24.1 Å². The summed E-state index contributed by atoms with van der Waals surface area (Å²) in [5, 5.41) is 11.1. The van der Waals surface area contributed by atoms with Gasteiger partial charge in [0.15, 0.2) is 0 Å². The van der Waals surface area contributed by atoms with Crippen LogP contribution >= 0.6 is 0 Å². The van der Waals surface area contributed by atoms with E-state index < -0.39 is 0 Å². The van der Waals surface area contributed by atoms with Crippen LogP contribution < -0.4 is 5.32 Å². The second-order valence-electron chi connectivity index (χ2n) is 1.35. The minimum absolute atomic E-state index is 0.207. The molecule has 0 aromatic heterocycles. The van der Waals surface area contributed by atoms with Crippen LogP contribution in [0.1, 0.15) is 0 Å². The molecule has 0 aliphatic heterocycles. The van der Waals surface area contributed by atoms with Crippen molar-refractivity contribution in [2.24, 2.45) is 0 Å². The summed E-state index contributed by atoms with van der Waals surface area (Å²) < 4.78 is 1.63. The second kappa shape index (κ2) is 6.43. The van der Waals surface area contributed by atoms with Gasteiger partial charge in [-0.25, -0.2) is 0 Å². The fourth-order valence-electron chi connectivity index (χ4n) is 0.281. The number of aliphatic hydroxyl groups is 1. The van der Waals surface area contributed by atoms with Crippen molar-refractivity contribution < 1.29 is 29.3 Å². The maximum atomic E-state index is 9.67. The number of hydrogen-bond donors (Lipinski definition) is 2.